The lowest BCUT2D eigenvalue weighted by Crippen LogP contribution is -2.14. The van der Waals surface area contributed by atoms with Crippen LogP contribution < -0.4 is 10.6 Å². The molecule has 0 atom stereocenters. The molecular weight excluding hydrogens is 376 g/mol. The maximum Gasteiger partial charge on any atom is 0.446 e. The van der Waals surface area contributed by atoms with Crippen molar-refractivity contribution in [3.05, 3.63) is 53.8 Å². The van der Waals surface area contributed by atoms with Gasteiger partial charge in [0.25, 0.3) is 5.91 Å². The highest BCUT2D eigenvalue weighted by molar-refractivity contribution is 8.00. The molecule has 2 rings (SSSR count). The molecule has 0 saturated heterocycles. The number of rotatable bonds is 4. The van der Waals surface area contributed by atoms with Crippen molar-refractivity contribution in [3.63, 3.8) is 0 Å². The smallest absolute Gasteiger partial charge is 0.446 e. The second-order valence-electron chi connectivity index (χ2n) is 4.84. The molecule has 0 radical (unpaired) electrons. The van der Waals surface area contributed by atoms with Crippen molar-refractivity contribution in [2.75, 3.05) is 17.7 Å². The third kappa shape index (κ3) is 5.66. The normalized spacial score (nSPS) is 11.0. The van der Waals surface area contributed by atoms with Gasteiger partial charge in [-0.15, -0.1) is 0 Å². The molecule has 2 amide bonds. The van der Waals surface area contributed by atoms with E-state index in [4.69, 9.17) is 0 Å². The first kappa shape index (κ1) is 19.6. The van der Waals surface area contributed by atoms with Crippen molar-refractivity contribution in [2.45, 2.75) is 10.4 Å². The van der Waals surface area contributed by atoms with E-state index in [0.29, 0.717) is 0 Å². The van der Waals surface area contributed by atoms with Gasteiger partial charge in [0.2, 0.25) is 0 Å². The largest absolute Gasteiger partial charge is 0.453 e. The number of nitrogens with one attached hydrogen (secondary N) is 2. The van der Waals surface area contributed by atoms with Gasteiger partial charge in [0, 0.05) is 16.1 Å². The Kier molecular flexibility index (Phi) is 6.09. The van der Waals surface area contributed by atoms with Crippen molar-refractivity contribution < 1.29 is 31.9 Å². The number of alkyl halides is 3. The highest BCUT2D eigenvalue weighted by Crippen LogP contribution is 2.36. The molecule has 0 spiro atoms. The van der Waals surface area contributed by atoms with Crippen molar-refractivity contribution >= 4 is 35.1 Å². The van der Waals surface area contributed by atoms with E-state index in [0.717, 1.165) is 13.2 Å². The van der Waals surface area contributed by atoms with Crippen LogP contribution in [0.25, 0.3) is 0 Å². The van der Waals surface area contributed by atoms with Crippen LogP contribution in [0, 0.1) is 5.82 Å². The van der Waals surface area contributed by atoms with Crippen molar-refractivity contribution in [2.24, 2.45) is 0 Å². The topological polar surface area (TPSA) is 67.4 Å². The molecule has 0 aliphatic rings. The van der Waals surface area contributed by atoms with Gasteiger partial charge in [-0.05, 0) is 54.2 Å². The maximum absolute atomic E-state index is 13.6. The zero-order chi connectivity index (χ0) is 19.3. The molecule has 26 heavy (non-hydrogen) atoms. The lowest BCUT2D eigenvalue weighted by molar-refractivity contribution is -0.0328. The minimum absolute atomic E-state index is 0.0552. The Morgan fingerprint density at radius 2 is 1.69 bits per heavy atom. The van der Waals surface area contributed by atoms with Gasteiger partial charge < -0.3 is 10.1 Å². The molecule has 10 heteroatoms. The van der Waals surface area contributed by atoms with E-state index in [2.05, 4.69) is 15.4 Å². The highest BCUT2D eigenvalue weighted by Gasteiger charge is 2.29. The highest BCUT2D eigenvalue weighted by atomic mass is 32.2. The van der Waals surface area contributed by atoms with E-state index in [1.807, 2.05) is 0 Å². The van der Waals surface area contributed by atoms with Crippen LogP contribution in [0.4, 0.5) is 33.7 Å². The molecule has 2 aromatic carbocycles. The summed E-state index contributed by atoms with van der Waals surface area (Å²) in [6.07, 6.45) is -0.884. The van der Waals surface area contributed by atoms with E-state index < -0.39 is 23.3 Å². The standard InChI is InChI=1S/C16H12F4N2O3S/c1-25-15(24)22-13-8-10(4-7-12(13)17)21-14(23)9-2-5-11(6-3-9)26-16(18,19)20/h2-8H,1H3,(H,21,23)(H,22,24). The van der Waals surface area contributed by atoms with Gasteiger partial charge in [-0.25, -0.2) is 9.18 Å². The van der Waals surface area contributed by atoms with Crippen LogP contribution in [0.2, 0.25) is 0 Å². The fourth-order valence-corrected chi connectivity index (χ4v) is 2.41. The Morgan fingerprint density at radius 1 is 1.04 bits per heavy atom. The summed E-state index contributed by atoms with van der Waals surface area (Å²) in [7, 11) is 1.11. The average Bonchev–Trinajstić information content (AvgIpc) is 2.57. The predicted octanol–water partition coefficient (Wildman–Crippen LogP) is 4.87. The average molecular weight is 388 g/mol. The van der Waals surface area contributed by atoms with Crippen LogP contribution in [-0.2, 0) is 4.74 Å². The lowest BCUT2D eigenvalue weighted by atomic mass is 10.2. The number of carbonyl (C=O) groups is 2. The number of amides is 2. The number of halogens is 4. The SMILES string of the molecule is COC(=O)Nc1cc(NC(=O)c2ccc(SC(F)(F)F)cc2)ccc1F. The fourth-order valence-electron chi connectivity index (χ4n) is 1.87. The quantitative estimate of drug-likeness (QED) is 0.579. The summed E-state index contributed by atoms with van der Waals surface area (Å²) in [6.45, 7) is 0. The number of methoxy groups -OCH3 is 1. The Balaban J connectivity index is 2.09. The lowest BCUT2D eigenvalue weighted by Gasteiger charge is -2.10. The van der Waals surface area contributed by atoms with E-state index in [1.54, 1.807) is 0 Å². The molecule has 0 bridgehead atoms. The summed E-state index contributed by atoms with van der Waals surface area (Å²) in [5, 5.41) is 4.60. The number of hydrogen-bond donors (Lipinski definition) is 2. The zero-order valence-corrected chi connectivity index (χ0v) is 14.0. The molecular formula is C16H12F4N2O3S. The monoisotopic (exact) mass is 388 g/mol. The van der Waals surface area contributed by atoms with Crippen LogP contribution in [0.3, 0.4) is 0 Å². The van der Waals surface area contributed by atoms with Crippen LogP contribution in [0.15, 0.2) is 47.4 Å². The van der Waals surface area contributed by atoms with Crippen molar-refractivity contribution in [3.8, 4) is 0 Å². The molecule has 0 unspecified atom stereocenters. The van der Waals surface area contributed by atoms with Crippen molar-refractivity contribution in [1.29, 1.82) is 0 Å². The van der Waals surface area contributed by atoms with Crippen LogP contribution in [0.1, 0.15) is 10.4 Å². The molecule has 2 N–H and O–H groups in total. The number of carbonyl (C=O) groups excluding carboxylic acids is 2. The van der Waals surface area contributed by atoms with Crippen LogP contribution >= 0.6 is 11.8 Å². The van der Waals surface area contributed by atoms with Crippen LogP contribution in [0.5, 0.6) is 0 Å². The minimum atomic E-state index is -4.42. The minimum Gasteiger partial charge on any atom is -0.453 e. The zero-order valence-electron chi connectivity index (χ0n) is 13.2. The summed E-state index contributed by atoms with van der Waals surface area (Å²) < 4.78 is 54.9. The first-order valence-corrected chi connectivity index (χ1v) is 7.81. The second-order valence-corrected chi connectivity index (χ2v) is 5.98. The predicted molar refractivity (Wildman–Crippen MR) is 88.7 cm³/mol. The molecule has 0 aromatic heterocycles. The molecule has 0 aliphatic heterocycles. The summed E-state index contributed by atoms with van der Waals surface area (Å²) in [5.41, 5.74) is -4.33. The first-order valence-electron chi connectivity index (χ1n) is 6.99. The van der Waals surface area contributed by atoms with Gasteiger partial charge in [-0.3, -0.25) is 10.1 Å². The Labute approximate surface area is 149 Å². The van der Waals surface area contributed by atoms with E-state index in [9.17, 15) is 27.2 Å². The second kappa shape index (κ2) is 8.09. The van der Waals surface area contributed by atoms with Gasteiger partial charge in [-0.1, -0.05) is 0 Å². The third-order valence-electron chi connectivity index (χ3n) is 3.00. The summed E-state index contributed by atoms with van der Waals surface area (Å²) in [5.74, 6) is -1.34. The Morgan fingerprint density at radius 3 is 2.27 bits per heavy atom. The summed E-state index contributed by atoms with van der Waals surface area (Å²) in [4.78, 5) is 23.2. The first-order chi connectivity index (χ1) is 12.2. The molecule has 0 heterocycles. The van der Waals surface area contributed by atoms with Gasteiger partial charge >= 0.3 is 11.6 Å². The number of hydrogen-bond acceptors (Lipinski definition) is 4. The van der Waals surface area contributed by atoms with E-state index in [1.165, 1.54) is 36.4 Å². The molecule has 2 aromatic rings. The molecule has 0 saturated carbocycles. The Bertz CT molecular complexity index is 810. The number of thioether (sulfide) groups is 1. The summed E-state index contributed by atoms with van der Waals surface area (Å²) in [6, 6.07) is 8.29. The maximum atomic E-state index is 13.6. The van der Waals surface area contributed by atoms with E-state index >= 15 is 0 Å². The van der Waals surface area contributed by atoms with Gasteiger partial charge in [0.1, 0.15) is 5.82 Å². The Hall–Kier alpha value is -2.75. The fraction of sp³-hybridized carbons (Fsp3) is 0.125. The number of anilines is 2. The number of benzene rings is 2. The molecule has 0 aliphatic carbocycles. The number of ether oxygens (including phenoxy) is 1. The van der Waals surface area contributed by atoms with Gasteiger partial charge in [-0.2, -0.15) is 13.2 Å². The third-order valence-corrected chi connectivity index (χ3v) is 3.74. The van der Waals surface area contributed by atoms with Crippen LogP contribution in [-0.4, -0.2) is 24.6 Å². The van der Waals surface area contributed by atoms with Gasteiger partial charge in [0.15, 0.2) is 0 Å². The molecule has 5 nitrogen and oxygen atoms in total. The van der Waals surface area contributed by atoms with Crippen molar-refractivity contribution in [1.82, 2.24) is 0 Å². The van der Waals surface area contributed by atoms with E-state index in [-0.39, 0.29) is 33.6 Å². The molecule has 0 fully saturated rings. The summed E-state index contributed by atoms with van der Waals surface area (Å²) >= 11 is -0.289. The molecule has 138 valence electrons. The van der Waals surface area contributed by atoms with Gasteiger partial charge in [0.05, 0.1) is 12.8 Å².